The standard InChI is InChI=1S/C13H15ClN4O2/c1-17-7-6-16-13(17)4-5-15-9-10-8-11(14)2-3-12(10)18(19)20/h2-3,6-8,15H,4-5,9H2,1H3. The summed E-state index contributed by atoms with van der Waals surface area (Å²) in [5.41, 5.74) is 0.668. The quantitative estimate of drug-likeness (QED) is 0.504. The molecule has 0 bridgehead atoms. The van der Waals surface area contributed by atoms with Crippen molar-refractivity contribution in [2.75, 3.05) is 6.54 Å². The molecule has 7 heteroatoms. The van der Waals surface area contributed by atoms with Gasteiger partial charge in [-0.2, -0.15) is 0 Å². The third-order valence-corrected chi connectivity index (χ3v) is 3.24. The number of hydrogen-bond donors (Lipinski definition) is 1. The molecule has 0 aliphatic heterocycles. The highest BCUT2D eigenvalue weighted by Gasteiger charge is 2.13. The molecule has 2 aromatic rings. The van der Waals surface area contributed by atoms with Gasteiger partial charge in [0, 0.05) is 55.6 Å². The molecule has 0 saturated heterocycles. The fraction of sp³-hybridized carbons (Fsp3) is 0.308. The second kappa shape index (κ2) is 6.49. The number of aromatic nitrogens is 2. The third-order valence-electron chi connectivity index (χ3n) is 3.00. The molecule has 0 saturated carbocycles. The van der Waals surface area contributed by atoms with Gasteiger partial charge in [0.1, 0.15) is 5.82 Å². The Morgan fingerprint density at radius 1 is 1.50 bits per heavy atom. The first-order valence-corrected chi connectivity index (χ1v) is 6.55. The lowest BCUT2D eigenvalue weighted by Crippen LogP contribution is -2.18. The van der Waals surface area contributed by atoms with Gasteiger partial charge in [-0.1, -0.05) is 11.6 Å². The summed E-state index contributed by atoms with van der Waals surface area (Å²) in [5, 5.41) is 14.6. The van der Waals surface area contributed by atoms with Gasteiger partial charge >= 0.3 is 0 Å². The van der Waals surface area contributed by atoms with Gasteiger partial charge in [-0.3, -0.25) is 10.1 Å². The van der Waals surface area contributed by atoms with Gasteiger partial charge < -0.3 is 9.88 Å². The normalized spacial score (nSPS) is 10.7. The van der Waals surface area contributed by atoms with Crippen molar-refractivity contribution in [2.24, 2.45) is 7.05 Å². The predicted octanol–water partition coefficient (Wildman–Crippen LogP) is 2.31. The Kier molecular flexibility index (Phi) is 4.70. The molecule has 1 N–H and O–H groups in total. The second-order valence-corrected chi connectivity index (χ2v) is 4.85. The van der Waals surface area contributed by atoms with E-state index < -0.39 is 4.92 Å². The first-order chi connectivity index (χ1) is 9.58. The molecule has 0 unspecified atom stereocenters. The van der Waals surface area contributed by atoms with Gasteiger partial charge in [0.15, 0.2) is 0 Å². The largest absolute Gasteiger partial charge is 0.338 e. The van der Waals surface area contributed by atoms with E-state index in [4.69, 9.17) is 11.6 Å². The van der Waals surface area contributed by atoms with Crippen LogP contribution >= 0.6 is 11.6 Å². The molecule has 1 aromatic carbocycles. The van der Waals surface area contributed by atoms with Crippen LogP contribution in [0.2, 0.25) is 5.02 Å². The molecule has 106 valence electrons. The van der Waals surface area contributed by atoms with Crippen LogP contribution in [0.25, 0.3) is 0 Å². The van der Waals surface area contributed by atoms with Crippen molar-refractivity contribution < 1.29 is 4.92 Å². The summed E-state index contributed by atoms with van der Waals surface area (Å²) in [4.78, 5) is 14.7. The fourth-order valence-corrected chi connectivity index (χ4v) is 2.13. The fourth-order valence-electron chi connectivity index (χ4n) is 1.93. The van der Waals surface area contributed by atoms with Crippen molar-refractivity contribution >= 4 is 17.3 Å². The van der Waals surface area contributed by atoms with Crippen LogP contribution in [0.4, 0.5) is 5.69 Å². The molecule has 6 nitrogen and oxygen atoms in total. The Balaban J connectivity index is 1.92. The minimum absolute atomic E-state index is 0.0823. The topological polar surface area (TPSA) is 73.0 Å². The number of hydrogen-bond acceptors (Lipinski definition) is 4. The minimum Gasteiger partial charge on any atom is -0.338 e. The van der Waals surface area contributed by atoms with Crippen LogP contribution in [-0.4, -0.2) is 21.0 Å². The Labute approximate surface area is 121 Å². The number of nitro groups is 1. The number of nitrogens with one attached hydrogen (secondary N) is 1. The highest BCUT2D eigenvalue weighted by molar-refractivity contribution is 6.30. The molecule has 0 aliphatic rings. The molecule has 0 amide bonds. The summed E-state index contributed by atoms with van der Waals surface area (Å²) in [6, 6.07) is 4.57. The average Bonchev–Trinajstić information content (AvgIpc) is 2.80. The molecule has 0 fully saturated rings. The van der Waals surface area contributed by atoms with Crippen molar-refractivity contribution in [3.05, 3.63) is 57.1 Å². The number of nitrogens with zero attached hydrogens (tertiary/aromatic N) is 3. The van der Waals surface area contributed by atoms with E-state index in [2.05, 4.69) is 10.3 Å². The van der Waals surface area contributed by atoms with Gasteiger partial charge in [-0.15, -0.1) is 0 Å². The highest BCUT2D eigenvalue weighted by atomic mass is 35.5. The van der Waals surface area contributed by atoms with E-state index in [1.165, 1.54) is 12.1 Å². The smallest absolute Gasteiger partial charge is 0.273 e. The van der Waals surface area contributed by atoms with Crippen LogP contribution in [0.15, 0.2) is 30.6 Å². The van der Waals surface area contributed by atoms with E-state index >= 15 is 0 Å². The first kappa shape index (κ1) is 14.5. The number of aryl methyl sites for hydroxylation is 1. The Morgan fingerprint density at radius 2 is 2.30 bits per heavy atom. The van der Waals surface area contributed by atoms with Crippen LogP contribution in [0.1, 0.15) is 11.4 Å². The average molecular weight is 295 g/mol. The van der Waals surface area contributed by atoms with E-state index in [0.717, 1.165) is 12.2 Å². The molecule has 0 aliphatic carbocycles. The lowest BCUT2D eigenvalue weighted by molar-refractivity contribution is -0.385. The summed E-state index contributed by atoms with van der Waals surface area (Å²) < 4.78 is 1.95. The molecule has 0 radical (unpaired) electrons. The van der Waals surface area contributed by atoms with Crippen molar-refractivity contribution in [2.45, 2.75) is 13.0 Å². The number of halogens is 1. The van der Waals surface area contributed by atoms with Gasteiger partial charge in [-0.05, 0) is 12.1 Å². The maximum atomic E-state index is 10.9. The number of nitro benzene ring substituents is 1. The van der Waals surface area contributed by atoms with Gasteiger partial charge in [-0.25, -0.2) is 4.98 Å². The highest BCUT2D eigenvalue weighted by Crippen LogP contribution is 2.22. The molecule has 20 heavy (non-hydrogen) atoms. The van der Waals surface area contributed by atoms with E-state index in [-0.39, 0.29) is 5.69 Å². The Morgan fingerprint density at radius 3 is 2.95 bits per heavy atom. The molecule has 1 heterocycles. The zero-order valence-corrected chi connectivity index (χ0v) is 11.8. The summed E-state index contributed by atoms with van der Waals surface area (Å²) in [6.45, 7) is 1.09. The lowest BCUT2D eigenvalue weighted by Gasteiger charge is -2.06. The van der Waals surface area contributed by atoms with Gasteiger partial charge in [0.2, 0.25) is 0 Å². The van der Waals surface area contributed by atoms with E-state index in [0.29, 0.717) is 23.7 Å². The lowest BCUT2D eigenvalue weighted by atomic mass is 10.2. The molecule has 2 rings (SSSR count). The zero-order chi connectivity index (χ0) is 14.5. The Bertz CT molecular complexity index is 612. The van der Waals surface area contributed by atoms with Crippen molar-refractivity contribution in [3.63, 3.8) is 0 Å². The Hall–Kier alpha value is -1.92. The van der Waals surface area contributed by atoms with Gasteiger partial charge in [0.05, 0.1) is 4.92 Å². The van der Waals surface area contributed by atoms with E-state index in [1.54, 1.807) is 12.3 Å². The third kappa shape index (κ3) is 3.55. The summed E-state index contributed by atoms with van der Waals surface area (Å²) >= 11 is 5.87. The minimum atomic E-state index is -0.397. The van der Waals surface area contributed by atoms with Crippen LogP contribution in [0.5, 0.6) is 0 Å². The SMILES string of the molecule is Cn1ccnc1CCNCc1cc(Cl)ccc1[N+](=O)[O-]. The monoisotopic (exact) mass is 294 g/mol. The maximum Gasteiger partial charge on any atom is 0.273 e. The van der Waals surface area contributed by atoms with Crippen LogP contribution in [0, 0.1) is 10.1 Å². The second-order valence-electron chi connectivity index (χ2n) is 4.41. The van der Waals surface area contributed by atoms with Gasteiger partial charge in [0.25, 0.3) is 5.69 Å². The van der Waals surface area contributed by atoms with E-state index in [9.17, 15) is 10.1 Å². The molecular weight excluding hydrogens is 280 g/mol. The number of rotatable bonds is 6. The summed E-state index contributed by atoms with van der Waals surface area (Å²) in [5.74, 6) is 0.970. The summed E-state index contributed by atoms with van der Waals surface area (Å²) in [6.07, 6.45) is 4.39. The van der Waals surface area contributed by atoms with Crippen LogP contribution in [-0.2, 0) is 20.0 Å². The summed E-state index contributed by atoms with van der Waals surface area (Å²) in [7, 11) is 1.93. The van der Waals surface area contributed by atoms with Crippen molar-refractivity contribution in [3.8, 4) is 0 Å². The molecule has 1 aromatic heterocycles. The van der Waals surface area contributed by atoms with Crippen molar-refractivity contribution in [1.82, 2.24) is 14.9 Å². The van der Waals surface area contributed by atoms with Crippen molar-refractivity contribution in [1.29, 1.82) is 0 Å². The molecule has 0 atom stereocenters. The first-order valence-electron chi connectivity index (χ1n) is 6.17. The zero-order valence-electron chi connectivity index (χ0n) is 11.0. The molecule has 0 spiro atoms. The predicted molar refractivity (Wildman–Crippen MR) is 76.7 cm³/mol. The molecular formula is C13H15ClN4O2. The number of imidazole rings is 1. The van der Waals surface area contributed by atoms with E-state index in [1.807, 2.05) is 17.8 Å². The maximum absolute atomic E-state index is 10.9. The van der Waals surface area contributed by atoms with Crippen LogP contribution in [0.3, 0.4) is 0 Å². The number of benzene rings is 1. The van der Waals surface area contributed by atoms with Crippen LogP contribution < -0.4 is 5.32 Å².